The second kappa shape index (κ2) is 1.81. The van der Waals surface area contributed by atoms with E-state index in [0.717, 1.165) is 0 Å². The summed E-state index contributed by atoms with van der Waals surface area (Å²) in [4.78, 5) is 15.2. The third-order valence-corrected chi connectivity index (χ3v) is 0.752. The fourth-order valence-electron chi connectivity index (χ4n) is 0.373. The number of amides is 1. The standard InChI is InChI=1S/C4H6N2O2/c1-6-2-5-4(7)8-3-6/h2H,3H2,1H3. The molecule has 1 rings (SSSR count). The van der Waals surface area contributed by atoms with E-state index in [1.54, 1.807) is 11.9 Å². The zero-order chi connectivity index (χ0) is 5.98. The van der Waals surface area contributed by atoms with Crippen LogP contribution >= 0.6 is 0 Å². The van der Waals surface area contributed by atoms with E-state index in [1.165, 1.54) is 6.34 Å². The van der Waals surface area contributed by atoms with Crippen LogP contribution in [-0.2, 0) is 4.74 Å². The van der Waals surface area contributed by atoms with E-state index >= 15 is 0 Å². The lowest BCUT2D eigenvalue weighted by Crippen LogP contribution is -2.26. The summed E-state index contributed by atoms with van der Waals surface area (Å²) in [5.74, 6) is 0. The Bertz CT molecular complexity index is 132. The van der Waals surface area contributed by atoms with Crippen molar-refractivity contribution in [2.45, 2.75) is 0 Å². The lowest BCUT2D eigenvalue weighted by Gasteiger charge is -2.15. The Morgan fingerprint density at radius 1 is 2.00 bits per heavy atom. The first kappa shape index (κ1) is 5.08. The van der Waals surface area contributed by atoms with Crippen LogP contribution in [0.1, 0.15) is 0 Å². The fraction of sp³-hybridized carbons (Fsp3) is 0.500. The van der Waals surface area contributed by atoms with Gasteiger partial charge in [-0.2, -0.15) is 4.99 Å². The Balaban J connectivity index is 2.55. The van der Waals surface area contributed by atoms with Crippen LogP contribution < -0.4 is 0 Å². The molecule has 0 atom stereocenters. The molecule has 0 unspecified atom stereocenters. The van der Waals surface area contributed by atoms with Gasteiger partial charge in [0, 0.05) is 7.05 Å². The van der Waals surface area contributed by atoms with Crippen LogP contribution in [-0.4, -0.2) is 31.1 Å². The highest BCUT2D eigenvalue weighted by Crippen LogP contribution is 1.91. The average Bonchev–Trinajstić information content (AvgIpc) is 1.77. The Labute approximate surface area is 46.8 Å². The highest BCUT2D eigenvalue weighted by Gasteiger charge is 2.04. The quantitative estimate of drug-likeness (QED) is 0.447. The first-order chi connectivity index (χ1) is 3.79. The normalized spacial score (nSPS) is 18.6. The minimum Gasteiger partial charge on any atom is -0.426 e. The van der Waals surface area contributed by atoms with Crippen molar-refractivity contribution < 1.29 is 9.53 Å². The minimum atomic E-state index is -0.511. The summed E-state index contributed by atoms with van der Waals surface area (Å²) in [6, 6.07) is 0. The molecule has 0 bridgehead atoms. The van der Waals surface area contributed by atoms with Gasteiger partial charge in [0.1, 0.15) is 6.34 Å². The van der Waals surface area contributed by atoms with Gasteiger partial charge in [-0.25, -0.2) is 4.79 Å². The highest BCUT2D eigenvalue weighted by atomic mass is 16.6. The zero-order valence-electron chi connectivity index (χ0n) is 4.50. The van der Waals surface area contributed by atoms with E-state index in [4.69, 9.17) is 0 Å². The molecule has 4 heteroatoms. The number of hydrogen-bond donors (Lipinski definition) is 0. The molecule has 4 nitrogen and oxygen atoms in total. The van der Waals surface area contributed by atoms with Gasteiger partial charge in [-0.05, 0) is 0 Å². The van der Waals surface area contributed by atoms with Crippen molar-refractivity contribution in [1.29, 1.82) is 0 Å². The summed E-state index contributed by atoms with van der Waals surface area (Å²) in [5.41, 5.74) is 0. The van der Waals surface area contributed by atoms with Crippen LogP contribution in [0.3, 0.4) is 0 Å². The summed E-state index contributed by atoms with van der Waals surface area (Å²) in [6.07, 6.45) is 0.925. The molecule has 0 fully saturated rings. The number of aliphatic imine (C=N–C) groups is 1. The summed E-state index contributed by atoms with van der Waals surface area (Å²) in [6.45, 7) is 0.308. The van der Waals surface area contributed by atoms with Gasteiger partial charge in [-0.1, -0.05) is 0 Å². The van der Waals surface area contributed by atoms with Crippen LogP contribution in [0.25, 0.3) is 0 Å². The molecular weight excluding hydrogens is 108 g/mol. The minimum absolute atomic E-state index is 0.308. The maximum Gasteiger partial charge on any atom is 0.436 e. The summed E-state index contributed by atoms with van der Waals surface area (Å²) < 4.78 is 4.48. The number of rotatable bonds is 0. The molecular formula is C4H6N2O2. The number of carbonyl (C=O) groups is 1. The summed E-state index contributed by atoms with van der Waals surface area (Å²) >= 11 is 0. The fourth-order valence-corrected chi connectivity index (χ4v) is 0.373. The molecule has 0 aliphatic carbocycles. The van der Waals surface area contributed by atoms with Crippen LogP contribution in [0.4, 0.5) is 4.79 Å². The Morgan fingerprint density at radius 3 is 3.12 bits per heavy atom. The molecule has 0 saturated carbocycles. The number of nitrogens with zero attached hydrogens (tertiary/aromatic N) is 2. The molecule has 0 aromatic rings. The second-order valence-electron chi connectivity index (χ2n) is 1.54. The smallest absolute Gasteiger partial charge is 0.426 e. The van der Waals surface area contributed by atoms with Gasteiger partial charge in [-0.3, -0.25) is 0 Å². The maximum atomic E-state index is 10.2. The molecule has 0 spiro atoms. The van der Waals surface area contributed by atoms with Crippen molar-refractivity contribution in [3.63, 3.8) is 0 Å². The number of ether oxygens (including phenoxy) is 1. The largest absolute Gasteiger partial charge is 0.436 e. The SMILES string of the molecule is CN1C=NC(=O)OC1. The Hall–Kier alpha value is -1.06. The molecule has 1 heterocycles. The van der Waals surface area contributed by atoms with Gasteiger partial charge in [-0.15, -0.1) is 0 Å². The molecule has 0 N–H and O–H groups in total. The molecule has 44 valence electrons. The van der Waals surface area contributed by atoms with Gasteiger partial charge in [0.05, 0.1) is 0 Å². The van der Waals surface area contributed by atoms with Crippen LogP contribution in [0, 0.1) is 0 Å². The molecule has 1 aliphatic rings. The predicted molar refractivity (Wildman–Crippen MR) is 27.6 cm³/mol. The van der Waals surface area contributed by atoms with E-state index in [9.17, 15) is 4.79 Å². The van der Waals surface area contributed by atoms with E-state index in [0.29, 0.717) is 6.73 Å². The van der Waals surface area contributed by atoms with Gasteiger partial charge in [0.25, 0.3) is 0 Å². The van der Waals surface area contributed by atoms with E-state index in [-0.39, 0.29) is 0 Å². The van der Waals surface area contributed by atoms with Crippen molar-refractivity contribution in [2.75, 3.05) is 13.8 Å². The average molecular weight is 114 g/mol. The van der Waals surface area contributed by atoms with Gasteiger partial charge >= 0.3 is 6.09 Å². The van der Waals surface area contributed by atoms with E-state index < -0.39 is 6.09 Å². The topological polar surface area (TPSA) is 41.9 Å². The van der Waals surface area contributed by atoms with Crippen molar-refractivity contribution in [3.8, 4) is 0 Å². The Kier molecular flexibility index (Phi) is 1.15. The number of hydrogen-bond acceptors (Lipinski definition) is 3. The predicted octanol–water partition coefficient (Wildman–Crippen LogP) is 0.0542. The molecule has 8 heavy (non-hydrogen) atoms. The second-order valence-corrected chi connectivity index (χ2v) is 1.54. The molecule has 0 radical (unpaired) electrons. The van der Waals surface area contributed by atoms with Crippen molar-refractivity contribution in [3.05, 3.63) is 0 Å². The Morgan fingerprint density at radius 2 is 2.75 bits per heavy atom. The molecule has 0 saturated heterocycles. The first-order valence-corrected chi connectivity index (χ1v) is 2.20. The van der Waals surface area contributed by atoms with Crippen LogP contribution in [0.2, 0.25) is 0 Å². The number of carbonyl (C=O) groups excluding carboxylic acids is 1. The number of cyclic esters (lactones) is 1. The van der Waals surface area contributed by atoms with E-state index in [2.05, 4.69) is 9.73 Å². The monoisotopic (exact) mass is 114 g/mol. The van der Waals surface area contributed by atoms with Crippen molar-refractivity contribution in [1.82, 2.24) is 4.90 Å². The first-order valence-electron chi connectivity index (χ1n) is 2.20. The molecule has 1 aliphatic heterocycles. The summed E-state index contributed by atoms with van der Waals surface area (Å²) in [5, 5.41) is 0. The third-order valence-electron chi connectivity index (χ3n) is 0.752. The highest BCUT2D eigenvalue weighted by molar-refractivity contribution is 5.79. The van der Waals surface area contributed by atoms with Crippen molar-refractivity contribution >= 4 is 12.4 Å². The molecule has 1 amide bonds. The molecule has 0 aromatic heterocycles. The van der Waals surface area contributed by atoms with Gasteiger partial charge in [0.2, 0.25) is 0 Å². The zero-order valence-corrected chi connectivity index (χ0v) is 4.50. The lowest BCUT2D eigenvalue weighted by molar-refractivity contribution is 0.113. The van der Waals surface area contributed by atoms with Crippen LogP contribution in [0.5, 0.6) is 0 Å². The molecule has 0 aromatic carbocycles. The lowest BCUT2D eigenvalue weighted by atomic mass is 10.8. The van der Waals surface area contributed by atoms with Crippen molar-refractivity contribution in [2.24, 2.45) is 4.99 Å². The van der Waals surface area contributed by atoms with E-state index in [1.807, 2.05) is 0 Å². The summed E-state index contributed by atoms with van der Waals surface area (Å²) in [7, 11) is 1.77. The van der Waals surface area contributed by atoms with Gasteiger partial charge in [0.15, 0.2) is 6.73 Å². The maximum absolute atomic E-state index is 10.2. The van der Waals surface area contributed by atoms with Gasteiger partial charge < -0.3 is 9.64 Å². The third kappa shape index (κ3) is 0.959. The van der Waals surface area contributed by atoms with Crippen LogP contribution in [0.15, 0.2) is 4.99 Å².